The fraction of sp³-hybridized carbons (Fsp3) is 0.600. The van der Waals surface area contributed by atoms with Gasteiger partial charge in [0.2, 0.25) is 0 Å². The van der Waals surface area contributed by atoms with E-state index in [9.17, 15) is 9.59 Å². The van der Waals surface area contributed by atoms with Gasteiger partial charge in [0.1, 0.15) is 10.6 Å². The summed E-state index contributed by atoms with van der Waals surface area (Å²) in [4.78, 5) is 29.4. The second-order valence-corrected chi connectivity index (χ2v) is 8.13. The topological polar surface area (TPSA) is 95.3 Å². The Labute approximate surface area is 174 Å². The van der Waals surface area contributed by atoms with Crippen molar-refractivity contribution in [2.75, 3.05) is 26.4 Å². The van der Waals surface area contributed by atoms with E-state index in [4.69, 9.17) is 9.47 Å². The number of carbonyl (C=O) groups excluding carboxylic acids is 2. The van der Waals surface area contributed by atoms with E-state index < -0.39 is 0 Å². The number of aryl methyl sites for hydroxylation is 3. The van der Waals surface area contributed by atoms with E-state index in [0.717, 1.165) is 35.5 Å². The van der Waals surface area contributed by atoms with Crippen LogP contribution in [0.15, 0.2) is 6.20 Å². The number of amides is 1. The standard InChI is InChI=1S/C20H28N4O4S/c1-3-24-18-15(7-4-10-27-11-6-9-21-19(18)25)16(23-24)8-5-12-28-20(26)17-13-22-14(2)29-17/h13H,3-12H2,1-2H3,(H,21,25). The fourth-order valence-electron chi connectivity index (χ4n) is 3.34. The van der Waals surface area contributed by atoms with E-state index in [1.807, 2.05) is 13.8 Å². The number of carbonyl (C=O) groups is 2. The van der Waals surface area contributed by atoms with Crippen molar-refractivity contribution < 1.29 is 19.1 Å². The van der Waals surface area contributed by atoms with Crippen molar-refractivity contribution >= 4 is 23.2 Å². The summed E-state index contributed by atoms with van der Waals surface area (Å²) in [7, 11) is 0. The van der Waals surface area contributed by atoms with Gasteiger partial charge in [-0.3, -0.25) is 9.48 Å². The van der Waals surface area contributed by atoms with Gasteiger partial charge in [-0.25, -0.2) is 9.78 Å². The zero-order valence-corrected chi connectivity index (χ0v) is 17.8. The number of thiazole rings is 1. The number of fused-ring (bicyclic) bond motifs is 1. The molecule has 0 fully saturated rings. The highest BCUT2D eigenvalue weighted by molar-refractivity contribution is 7.13. The maximum atomic E-state index is 12.7. The van der Waals surface area contributed by atoms with Crippen LogP contribution < -0.4 is 5.32 Å². The lowest BCUT2D eigenvalue weighted by Crippen LogP contribution is -2.28. The molecule has 0 aromatic carbocycles. The highest BCUT2D eigenvalue weighted by atomic mass is 32.1. The van der Waals surface area contributed by atoms with Gasteiger partial charge in [-0.2, -0.15) is 5.10 Å². The Morgan fingerprint density at radius 2 is 2.21 bits per heavy atom. The van der Waals surface area contributed by atoms with Crippen molar-refractivity contribution in [1.29, 1.82) is 0 Å². The molecule has 1 aliphatic rings. The average molecular weight is 421 g/mol. The number of hydrogen-bond donors (Lipinski definition) is 1. The summed E-state index contributed by atoms with van der Waals surface area (Å²) >= 11 is 1.33. The maximum Gasteiger partial charge on any atom is 0.349 e. The smallest absolute Gasteiger partial charge is 0.349 e. The molecule has 1 aliphatic heterocycles. The van der Waals surface area contributed by atoms with Crippen LogP contribution in [0.2, 0.25) is 0 Å². The van der Waals surface area contributed by atoms with E-state index in [0.29, 0.717) is 56.3 Å². The Balaban J connectivity index is 1.65. The monoisotopic (exact) mass is 420 g/mol. The first-order valence-electron chi connectivity index (χ1n) is 10.1. The van der Waals surface area contributed by atoms with Crippen LogP contribution in [0.4, 0.5) is 0 Å². The lowest BCUT2D eigenvalue weighted by atomic mass is 10.0. The fourth-order valence-corrected chi connectivity index (χ4v) is 4.01. The summed E-state index contributed by atoms with van der Waals surface area (Å²) in [6.45, 7) is 6.70. The third kappa shape index (κ3) is 5.63. The molecule has 0 saturated carbocycles. The lowest BCUT2D eigenvalue weighted by Gasteiger charge is -2.08. The van der Waals surface area contributed by atoms with Gasteiger partial charge in [0.05, 0.1) is 23.5 Å². The van der Waals surface area contributed by atoms with Gasteiger partial charge < -0.3 is 14.8 Å². The Morgan fingerprint density at radius 1 is 1.38 bits per heavy atom. The molecule has 0 radical (unpaired) electrons. The quantitative estimate of drug-likeness (QED) is 0.570. The molecule has 0 unspecified atom stereocenters. The zero-order chi connectivity index (χ0) is 20.6. The molecule has 0 aliphatic carbocycles. The molecule has 1 amide bonds. The molecule has 3 rings (SSSR count). The first-order valence-corrected chi connectivity index (χ1v) is 11.0. The molecule has 0 bridgehead atoms. The number of nitrogens with zero attached hydrogens (tertiary/aromatic N) is 3. The van der Waals surface area contributed by atoms with Crippen molar-refractivity contribution in [1.82, 2.24) is 20.1 Å². The van der Waals surface area contributed by atoms with E-state index in [2.05, 4.69) is 15.4 Å². The molecule has 0 atom stereocenters. The van der Waals surface area contributed by atoms with Crippen molar-refractivity contribution in [3.8, 4) is 0 Å². The van der Waals surface area contributed by atoms with Crippen LogP contribution in [0.3, 0.4) is 0 Å². The number of rotatable bonds is 6. The van der Waals surface area contributed by atoms with Crippen LogP contribution in [-0.2, 0) is 28.9 Å². The van der Waals surface area contributed by atoms with Gasteiger partial charge in [0.15, 0.2) is 0 Å². The SMILES string of the molecule is CCn1nc(CCCOC(=O)c2cnc(C)s2)c2c1C(=O)NCCCOCCC2. The summed E-state index contributed by atoms with van der Waals surface area (Å²) in [5.74, 6) is -0.417. The molecule has 158 valence electrons. The third-order valence-electron chi connectivity index (χ3n) is 4.73. The van der Waals surface area contributed by atoms with Crippen molar-refractivity contribution in [2.24, 2.45) is 0 Å². The normalized spacial score (nSPS) is 15.3. The predicted molar refractivity (Wildman–Crippen MR) is 109 cm³/mol. The van der Waals surface area contributed by atoms with E-state index in [-0.39, 0.29) is 11.9 Å². The summed E-state index contributed by atoms with van der Waals surface area (Å²) in [6.07, 6.45) is 5.25. The number of aromatic nitrogens is 3. The molecule has 2 aromatic heterocycles. The molecule has 9 heteroatoms. The molecular formula is C20H28N4O4S. The molecule has 8 nitrogen and oxygen atoms in total. The molecular weight excluding hydrogens is 392 g/mol. The van der Waals surface area contributed by atoms with Gasteiger partial charge in [0.25, 0.3) is 5.91 Å². The van der Waals surface area contributed by atoms with Crippen LogP contribution in [0, 0.1) is 6.92 Å². The molecule has 3 heterocycles. The largest absolute Gasteiger partial charge is 0.461 e. The third-order valence-corrected chi connectivity index (χ3v) is 5.62. The zero-order valence-electron chi connectivity index (χ0n) is 17.0. The van der Waals surface area contributed by atoms with Crippen LogP contribution in [0.25, 0.3) is 0 Å². The van der Waals surface area contributed by atoms with Crippen LogP contribution >= 0.6 is 11.3 Å². The summed E-state index contributed by atoms with van der Waals surface area (Å²) < 4.78 is 12.8. The van der Waals surface area contributed by atoms with Crippen LogP contribution in [0.5, 0.6) is 0 Å². The summed E-state index contributed by atoms with van der Waals surface area (Å²) in [5, 5.41) is 8.48. The number of ether oxygens (including phenoxy) is 2. The summed E-state index contributed by atoms with van der Waals surface area (Å²) in [5.41, 5.74) is 2.54. The Hall–Kier alpha value is -2.26. The number of hydrogen-bond acceptors (Lipinski definition) is 7. The Morgan fingerprint density at radius 3 is 2.97 bits per heavy atom. The van der Waals surface area contributed by atoms with Crippen molar-refractivity contribution in [3.63, 3.8) is 0 Å². The van der Waals surface area contributed by atoms with Crippen LogP contribution in [-0.4, -0.2) is 53.0 Å². The Bertz CT molecular complexity index is 846. The van der Waals surface area contributed by atoms with Gasteiger partial charge in [-0.15, -0.1) is 11.3 Å². The Kier molecular flexibility index (Phi) is 7.76. The highest BCUT2D eigenvalue weighted by Crippen LogP contribution is 2.20. The van der Waals surface area contributed by atoms with E-state index in [1.165, 1.54) is 11.3 Å². The number of nitrogens with one attached hydrogen (secondary N) is 1. The minimum Gasteiger partial charge on any atom is -0.461 e. The van der Waals surface area contributed by atoms with E-state index in [1.54, 1.807) is 10.9 Å². The molecule has 1 N–H and O–H groups in total. The van der Waals surface area contributed by atoms with E-state index >= 15 is 0 Å². The summed E-state index contributed by atoms with van der Waals surface area (Å²) in [6, 6.07) is 0. The first kappa shape index (κ1) is 21.4. The van der Waals surface area contributed by atoms with Gasteiger partial charge >= 0.3 is 5.97 Å². The second-order valence-electron chi connectivity index (χ2n) is 6.90. The molecule has 2 aromatic rings. The van der Waals surface area contributed by atoms with Crippen LogP contribution in [0.1, 0.15) is 62.6 Å². The maximum absolute atomic E-state index is 12.7. The molecule has 0 saturated heterocycles. The van der Waals surface area contributed by atoms with Gasteiger partial charge in [-0.05, 0) is 46.0 Å². The minimum absolute atomic E-state index is 0.0745. The second kappa shape index (κ2) is 10.5. The number of esters is 1. The molecule has 29 heavy (non-hydrogen) atoms. The highest BCUT2D eigenvalue weighted by Gasteiger charge is 2.23. The van der Waals surface area contributed by atoms with Gasteiger partial charge in [0, 0.05) is 31.9 Å². The average Bonchev–Trinajstić information content (AvgIpc) is 3.29. The lowest BCUT2D eigenvalue weighted by molar-refractivity contribution is 0.0505. The minimum atomic E-state index is -0.342. The predicted octanol–water partition coefficient (Wildman–Crippen LogP) is 2.54. The van der Waals surface area contributed by atoms with Crippen molar-refractivity contribution in [3.05, 3.63) is 33.0 Å². The molecule has 0 spiro atoms. The van der Waals surface area contributed by atoms with Crippen molar-refractivity contribution in [2.45, 2.75) is 52.5 Å². The van der Waals surface area contributed by atoms with Gasteiger partial charge in [-0.1, -0.05) is 0 Å². The first-order chi connectivity index (χ1) is 14.1.